The molecule has 0 aromatic carbocycles. The number of nitrogen functional groups attached to an aromatic ring is 1. The number of nitrogens with zero attached hydrogens (tertiary/aromatic N) is 2. The number of ether oxygens (including phenoxy) is 1. The van der Waals surface area contributed by atoms with E-state index in [0.29, 0.717) is 28.9 Å². The first-order valence-corrected chi connectivity index (χ1v) is 12.0. The molecule has 2 N–H and O–H groups in total. The molecule has 1 atom stereocenters. The van der Waals surface area contributed by atoms with Crippen LogP contribution in [0.5, 0.6) is 0 Å². The maximum absolute atomic E-state index is 11.9. The molecule has 2 aromatic heterocycles. The van der Waals surface area contributed by atoms with Gasteiger partial charge < -0.3 is 10.5 Å². The molecular formula is C21H31N3O2S2. The standard InChI is InChI=1S/C21H31N3O2S2/c1-5-6-7-10-26-16(25)12-27-20-23-18(22)17-14-9-8-13(21(2,3)4)11-15(14)28-19(17)24-20/h13H,5-12H2,1-4H3,(H2,22,23,24). The van der Waals surface area contributed by atoms with Gasteiger partial charge in [0.2, 0.25) is 0 Å². The van der Waals surface area contributed by atoms with Crippen LogP contribution in [0.3, 0.4) is 0 Å². The van der Waals surface area contributed by atoms with E-state index in [1.165, 1.54) is 28.6 Å². The Morgan fingerprint density at radius 3 is 2.82 bits per heavy atom. The number of carbonyl (C=O) groups is 1. The highest BCUT2D eigenvalue weighted by molar-refractivity contribution is 7.99. The number of anilines is 1. The highest BCUT2D eigenvalue weighted by Crippen LogP contribution is 2.44. The normalized spacial score (nSPS) is 16.9. The first kappa shape index (κ1) is 21.4. The van der Waals surface area contributed by atoms with E-state index in [2.05, 4.69) is 32.7 Å². The van der Waals surface area contributed by atoms with Crippen LogP contribution < -0.4 is 5.73 Å². The summed E-state index contributed by atoms with van der Waals surface area (Å²) in [4.78, 5) is 23.4. The molecule has 28 heavy (non-hydrogen) atoms. The number of nitrogens with two attached hydrogens (primary N) is 1. The topological polar surface area (TPSA) is 78.1 Å². The van der Waals surface area contributed by atoms with Gasteiger partial charge in [-0.05, 0) is 42.6 Å². The maximum Gasteiger partial charge on any atom is 0.316 e. The Morgan fingerprint density at radius 2 is 2.11 bits per heavy atom. The van der Waals surface area contributed by atoms with Crippen molar-refractivity contribution in [2.45, 2.75) is 71.4 Å². The van der Waals surface area contributed by atoms with Crippen LogP contribution in [-0.4, -0.2) is 28.3 Å². The van der Waals surface area contributed by atoms with Crippen LogP contribution in [0, 0.1) is 11.3 Å². The molecule has 0 bridgehead atoms. The Morgan fingerprint density at radius 1 is 1.32 bits per heavy atom. The summed E-state index contributed by atoms with van der Waals surface area (Å²) in [6, 6.07) is 0. The molecule has 5 nitrogen and oxygen atoms in total. The molecule has 1 unspecified atom stereocenters. The number of thioether (sulfide) groups is 1. The second-order valence-electron chi connectivity index (χ2n) is 8.60. The van der Waals surface area contributed by atoms with E-state index in [1.807, 2.05) is 0 Å². The predicted octanol–water partition coefficient (Wildman–Crippen LogP) is 5.25. The summed E-state index contributed by atoms with van der Waals surface area (Å²) < 4.78 is 5.25. The molecule has 0 saturated carbocycles. The maximum atomic E-state index is 11.9. The lowest BCUT2D eigenvalue weighted by molar-refractivity contribution is -0.140. The van der Waals surface area contributed by atoms with Gasteiger partial charge in [-0.15, -0.1) is 11.3 Å². The Kier molecular flexibility index (Phi) is 6.86. The van der Waals surface area contributed by atoms with Crippen LogP contribution >= 0.6 is 23.1 Å². The zero-order valence-electron chi connectivity index (χ0n) is 17.3. The number of rotatable bonds is 7. The molecule has 0 amide bonds. The van der Waals surface area contributed by atoms with Gasteiger partial charge in [0.25, 0.3) is 0 Å². The number of hydrogen-bond donors (Lipinski definition) is 1. The number of unbranched alkanes of at least 4 members (excludes halogenated alkanes) is 2. The van der Waals surface area contributed by atoms with Gasteiger partial charge in [0.05, 0.1) is 17.7 Å². The quantitative estimate of drug-likeness (QED) is 0.285. The largest absolute Gasteiger partial charge is 0.465 e. The van der Waals surface area contributed by atoms with E-state index in [9.17, 15) is 4.79 Å². The van der Waals surface area contributed by atoms with Gasteiger partial charge >= 0.3 is 5.97 Å². The zero-order chi connectivity index (χ0) is 20.3. The number of fused-ring (bicyclic) bond motifs is 3. The number of hydrogen-bond acceptors (Lipinski definition) is 7. The monoisotopic (exact) mass is 421 g/mol. The average Bonchev–Trinajstić information content (AvgIpc) is 3.01. The van der Waals surface area contributed by atoms with E-state index < -0.39 is 0 Å². The molecule has 2 aromatic rings. The molecule has 0 radical (unpaired) electrons. The molecule has 0 spiro atoms. The van der Waals surface area contributed by atoms with Crippen molar-refractivity contribution in [3.63, 3.8) is 0 Å². The lowest BCUT2D eigenvalue weighted by Crippen LogP contribution is -2.26. The van der Waals surface area contributed by atoms with Crippen molar-refractivity contribution in [1.29, 1.82) is 0 Å². The van der Waals surface area contributed by atoms with Gasteiger partial charge in [0, 0.05) is 4.88 Å². The minimum atomic E-state index is -0.220. The first-order valence-electron chi connectivity index (χ1n) is 10.2. The van der Waals surface area contributed by atoms with E-state index >= 15 is 0 Å². The van der Waals surface area contributed by atoms with Crippen molar-refractivity contribution in [3.8, 4) is 0 Å². The van der Waals surface area contributed by atoms with Crippen molar-refractivity contribution >= 4 is 45.1 Å². The lowest BCUT2D eigenvalue weighted by Gasteiger charge is -2.33. The van der Waals surface area contributed by atoms with Crippen molar-refractivity contribution in [2.24, 2.45) is 11.3 Å². The number of thiophene rings is 1. The SMILES string of the molecule is CCCCCOC(=O)CSc1nc(N)c2c3c(sc2n1)CC(C(C)(C)C)CC3. The fourth-order valence-electron chi connectivity index (χ4n) is 3.69. The fourth-order valence-corrected chi connectivity index (χ4v) is 5.71. The fraction of sp³-hybridized carbons (Fsp3) is 0.667. The van der Waals surface area contributed by atoms with Gasteiger partial charge in [0.15, 0.2) is 5.16 Å². The smallest absolute Gasteiger partial charge is 0.316 e. The summed E-state index contributed by atoms with van der Waals surface area (Å²) in [5, 5.41) is 1.58. The van der Waals surface area contributed by atoms with Crippen molar-refractivity contribution in [2.75, 3.05) is 18.1 Å². The van der Waals surface area contributed by atoms with Gasteiger partial charge in [-0.3, -0.25) is 4.79 Å². The molecule has 0 aliphatic heterocycles. The van der Waals surface area contributed by atoms with Crippen LogP contribution in [0.1, 0.15) is 63.8 Å². The molecule has 2 heterocycles. The van der Waals surface area contributed by atoms with Crippen molar-refractivity contribution in [3.05, 3.63) is 10.4 Å². The summed E-state index contributed by atoms with van der Waals surface area (Å²) in [5.74, 6) is 1.21. The summed E-state index contributed by atoms with van der Waals surface area (Å²) >= 11 is 3.04. The lowest BCUT2D eigenvalue weighted by atomic mass is 9.72. The molecule has 0 saturated heterocycles. The van der Waals surface area contributed by atoms with E-state index in [1.54, 1.807) is 11.3 Å². The summed E-state index contributed by atoms with van der Waals surface area (Å²) in [6.45, 7) is 9.57. The van der Waals surface area contributed by atoms with Gasteiger partial charge in [0.1, 0.15) is 10.6 Å². The third-order valence-electron chi connectivity index (χ3n) is 5.47. The number of aromatic nitrogens is 2. The first-order chi connectivity index (χ1) is 13.3. The molecule has 1 aliphatic rings. The number of esters is 1. The van der Waals surface area contributed by atoms with Crippen LogP contribution in [0.2, 0.25) is 0 Å². The van der Waals surface area contributed by atoms with Gasteiger partial charge in [-0.1, -0.05) is 52.3 Å². The second kappa shape index (κ2) is 8.99. The predicted molar refractivity (Wildman–Crippen MR) is 118 cm³/mol. The molecule has 3 rings (SSSR count). The molecular weight excluding hydrogens is 390 g/mol. The number of aryl methyl sites for hydroxylation is 1. The second-order valence-corrected chi connectivity index (χ2v) is 10.6. The van der Waals surface area contributed by atoms with E-state index in [0.717, 1.165) is 42.3 Å². The summed E-state index contributed by atoms with van der Waals surface area (Å²) in [6.07, 6.45) is 6.42. The van der Waals surface area contributed by atoms with Crippen molar-refractivity contribution in [1.82, 2.24) is 9.97 Å². The van der Waals surface area contributed by atoms with Gasteiger partial charge in [-0.2, -0.15) is 0 Å². The molecule has 1 aliphatic carbocycles. The van der Waals surface area contributed by atoms with Crippen LogP contribution in [0.25, 0.3) is 10.2 Å². The van der Waals surface area contributed by atoms with Gasteiger partial charge in [-0.25, -0.2) is 9.97 Å². The van der Waals surface area contributed by atoms with Crippen LogP contribution in [0.4, 0.5) is 5.82 Å². The average molecular weight is 422 g/mol. The highest BCUT2D eigenvalue weighted by Gasteiger charge is 2.31. The van der Waals surface area contributed by atoms with Crippen molar-refractivity contribution < 1.29 is 9.53 Å². The van der Waals surface area contributed by atoms with Crippen LogP contribution in [-0.2, 0) is 22.4 Å². The Balaban J connectivity index is 1.69. The Hall–Kier alpha value is -1.34. The summed E-state index contributed by atoms with van der Waals surface area (Å²) in [5.41, 5.74) is 7.94. The molecule has 0 fully saturated rings. The van der Waals surface area contributed by atoms with Crippen LogP contribution in [0.15, 0.2) is 5.16 Å². The highest BCUT2D eigenvalue weighted by atomic mass is 32.2. The molecule has 154 valence electrons. The van der Waals surface area contributed by atoms with E-state index in [-0.39, 0.29) is 11.7 Å². The minimum absolute atomic E-state index is 0.217. The summed E-state index contributed by atoms with van der Waals surface area (Å²) in [7, 11) is 0. The Bertz CT molecular complexity index is 842. The number of carbonyl (C=O) groups excluding carboxylic acids is 1. The third-order valence-corrected chi connectivity index (χ3v) is 7.44. The van der Waals surface area contributed by atoms with E-state index in [4.69, 9.17) is 15.5 Å². The zero-order valence-corrected chi connectivity index (χ0v) is 19.0. The molecule has 7 heteroatoms. The third kappa shape index (κ3) is 4.98. The Labute approximate surface area is 175 Å². The minimum Gasteiger partial charge on any atom is -0.465 e.